The van der Waals surface area contributed by atoms with Crippen LogP contribution >= 0.6 is 0 Å². The molecule has 1 fully saturated rings. The molecule has 1 amide bonds. The molecule has 0 spiro atoms. The summed E-state index contributed by atoms with van der Waals surface area (Å²) in [5.74, 6) is 0.0885. The fourth-order valence-electron chi connectivity index (χ4n) is 1.92. The molecule has 1 aliphatic heterocycles. The van der Waals surface area contributed by atoms with Crippen molar-refractivity contribution in [2.75, 3.05) is 26.7 Å². The van der Waals surface area contributed by atoms with Crippen LogP contribution in [-0.4, -0.2) is 54.0 Å². The highest BCUT2D eigenvalue weighted by Gasteiger charge is 2.35. The molecule has 0 bridgehead atoms. The lowest BCUT2D eigenvalue weighted by atomic mass is 9.97. The van der Waals surface area contributed by atoms with Gasteiger partial charge < -0.3 is 15.5 Å². The minimum atomic E-state index is -0.704. The Kier molecular flexibility index (Phi) is 3.73. The molecule has 0 aliphatic carbocycles. The van der Waals surface area contributed by atoms with Crippen molar-refractivity contribution in [3.63, 3.8) is 0 Å². The van der Waals surface area contributed by atoms with Crippen molar-refractivity contribution >= 4 is 5.91 Å². The van der Waals surface area contributed by atoms with Gasteiger partial charge in [0.2, 0.25) is 5.91 Å². The van der Waals surface area contributed by atoms with Crippen LogP contribution in [0.1, 0.15) is 27.2 Å². The number of carbonyl (C=O) groups excluding carboxylic acids is 1. The van der Waals surface area contributed by atoms with E-state index in [0.717, 1.165) is 19.6 Å². The summed E-state index contributed by atoms with van der Waals surface area (Å²) < 4.78 is 0. The van der Waals surface area contributed by atoms with E-state index < -0.39 is 5.54 Å². The summed E-state index contributed by atoms with van der Waals surface area (Å²) in [6.07, 6.45) is 0.685. The van der Waals surface area contributed by atoms with Crippen molar-refractivity contribution in [3.05, 3.63) is 0 Å². The molecule has 1 heterocycles. The van der Waals surface area contributed by atoms with Crippen LogP contribution in [0.2, 0.25) is 0 Å². The highest BCUT2D eigenvalue weighted by atomic mass is 16.2. The lowest BCUT2D eigenvalue weighted by Gasteiger charge is -2.41. The third-order valence-electron chi connectivity index (χ3n) is 3.31. The first-order chi connectivity index (χ1) is 6.88. The molecule has 0 aromatic carbocycles. The minimum absolute atomic E-state index is 0.0885. The van der Waals surface area contributed by atoms with Crippen LogP contribution in [0.25, 0.3) is 0 Å². The van der Waals surface area contributed by atoms with Crippen molar-refractivity contribution in [3.8, 4) is 0 Å². The molecule has 1 saturated heterocycles. The molecular formula is C11H23N3O. The van der Waals surface area contributed by atoms with E-state index in [1.165, 1.54) is 0 Å². The average Bonchev–Trinajstić information content (AvgIpc) is 2.17. The molecule has 4 heteroatoms. The predicted octanol–water partition coefficient (Wildman–Crippen LogP) is 0.276. The van der Waals surface area contributed by atoms with Gasteiger partial charge in [-0.2, -0.15) is 0 Å². The van der Waals surface area contributed by atoms with E-state index in [4.69, 9.17) is 5.73 Å². The fourth-order valence-corrected chi connectivity index (χ4v) is 1.92. The van der Waals surface area contributed by atoms with E-state index in [1.807, 2.05) is 18.7 Å². The molecule has 1 rings (SSSR count). The zero-order chi connectivity index (χ0) is 11.6. The number of hydrogen-bond donors (Lipinski definition) is 1. The highest BCUT2D eigenvalue weighted by molar-refractivity contribution is 5.86. The molecular weight excluding hydrogens is 190 g/mol. The third-order valence-corrected chi connectivity index (χ3v) is 3.31. The first-order valence-corrected chi connectivity index (χ1v) is 5.67. The largest absolute Gasteiger partial charge is 0.336 e. The second-order valence-corrected chi connectivity index (χ2v) is 4.88. The van der Waals surface area contributed by atoms with Gasteiger partial charge in [-0.05, 0) is 27.3 Å². The van der Waals surface area contributed by atoms with Crippen LogP contribution in [0, 0.1) is 0 Å². The number of nitrogens with zero attached hydrogens (tertiary/aromatic N) is 2. The number of rotatable bonds is 2. The van der Waals surface area contributed by atoms with Gasteiger partial charge in [0.15, 0.2) is 0 Å². The summed E-state index contributed by atoms with van der Waals surface area (Å²) in [5, 5.41) is 0. The molecule has 88 valence electrons. The van der Waals surface area contributed by atoms with Crippen LogP contribution in [0.5, 0.6) is 0 Å². The molecule has 0 saturated carbocycles. The molecule has 1 aliphatic rings. The van der Waals surface area contributed by atoms with Gasteiger partial charge in [0.1, 0.15) is 0 Å². The van der Waals surface area contributed by atoms with Gasteiger partial charge >= 0.3 is 0 Å². The number of carbonyl (C=O) groups is 1. The van der Waals surface area contributed by atoms with Crippen LogP contribution < -0.4 is 5.73 Å². The molecule has 0 aromatic heterocycles. The van der Waals surface area contributed by atoms with E-state index in [1.54, 1.807) is 0 Å². The van der Waals surface area contributed by atoms with E-state index in [2.05, 4.69) is 18.9 Å². The molecule has 2 N–H and O–H groups in total. The Hall–Kier alpha value is -0.610. The van der Waals surface area contributed by atoms with Crippen molar-refractivity contribution in [1.82, 2.24) is 9.80 Å². The molecule has 0 radical (unpaired) electrons. The summed E-state index contributed by atoms with van der Waals surface area (Å²) in [4.78, 5) is 16.3. The maximum atomic E-state index is 12.2. The summed E-state index contributed by atoms with van der Waals surface area (Å²) in [6, 6.07) is 0.269. The standard InChI is InChI=1S/C11H23N3O/c1-5-11(3,12)10(15)14-7-6-13(4)8-9(14)2/h9H,5-8,12H2,1-4H3. The summed E-state index contributed by atoms with van der Waals surface area (Å²) >= 11 is 0. The maximum Gasteiger partial charge on any atom is 0.242 e. The first kappa shape index (κ1) is 12.5. The molecule has 2 atom stereocenters. The van der Waals surface area contributed by atoms with E-state index in [0.29, 0.717) is 6.42 Å². The maximum absolute atomic E-state index is 12.2. The number of hydrogen-bond acceptors (Lipinski definition) is 3. The van der Waals surface area contributed by atoms with Crippen LogP contribution in [-0.2, 0) is 4.79 Å². The summed E-state index contributed by atoms with van der Waals surface area (Å²) in [5.41, 5.74) is 5.28. The molecule has 15 heavy (non-hydrogen) atoms. The SMILES string of the molecule is CCC(C)(N)C(=O)N1CCN(C)CC1C. The third kappa shape index (κ3) is 2.69. The molecule has 4 nitrogen and oxygen atoms in total. The van der Waals surface area contributed by atoms with Crippen LogP contribution in [0.3, 0.4) is 0 Å². The Morgan fingerprint density at radius 3 is 2.60 bits per heavy atom. The van der Waals surface area contributed by atoms with Crippen molar-refractivity contribution in [2.45, 2.75) is 38.8 Å². The fraction of sp³-hybridized carbons (Fsp3) is 0.909. The van der Waals surface area contributed by atoms with Crippen LogP contribution in [0.15, 0.2) is 0 Å². The Balaban J connectivity index is 2.68. The highest BCUT2D eigenvalue weighted by Crippen LogP contribution is 2.15. The number of amides is 1. The zero-order valence-electron chi connectivity index (χ0n) is 10.3. The average molecular weight is 213 g/mol. The summed E-state index contributed by atoms with van der Waals surface area (Å²) in [7, 11) is 2.08. The number of likely N-dealkylation sites (N-methyl/N-ethyl adjacent to an activating group) is 1. The smallest absolute Gasteiger partial charge is 0.242 e. The van der Waals surface area contributed by atoms with Gasteiger partial charge in [-0.25, -0.2) is 0 Å². The van der Waals surface area contributed by atoms with Crippen LogP contribution in [0.4, 0.5) is 0 Å². The van der Waals surface area contributed by atoms with Gasteiger partial charge in [-0.3, -0.25) is 4.79 Å². The topological polar surface area (TPSA) is 49.6 Å². The first-order valence-electron chi connectivity index (χ1n) is 5.67. The molecule has 0 aromatic rings. The quantitative estimate of drug-likeness (QED) is 0.716. The van der Waals surface area contributed by atoms with Gasteiger partial charge in [0.25, 0.3) is 0 Å². The Morgan fingerprint density at radius 1 is 1.53 bits per heavy atom. The van der Waals surface area contributed by atoms with E-state index in [9.17, 15) is 4.79 Å². The monoisotopic (exact) mass is 213 g/mol. The van der Waals surface area contributed by atoms with Gasteiger partial charge in [0.05, 0.1) is 5.54 Å². The molecule has 2 unspecified atom stereocenters. The lowest BCUT2D eigenvalue weighted by Crippen LogP contribution is -2.60. The predicted molar refractivity (Wildman–Crippen MR) is 61.6 cm³/mol. The van der Waals surface area contributed by atoms with E-state index in [-0.39, 0.29) is 11.9 Å². The minimum Gasteiger partial charge on any atom is -0.336 e. The number of piperazine rings is 1. The second kappa shape index (κ2) is 4.49. The normalized spacial score (nSPS) is 27.5. The summed E-state index contributed by atoms with van der Waals surface area (Å²) in [6.45, 7) is 8.53. The Morgan fingerprint density at radius 2 is 2.13 bits per heavy atom. The lowest BCUT2D eigenvalue weighted by molar-refractivity contribution is -0.140. The zero-order valence-corrected chi connectivity index (χ0v) is 10.3. The number of nitrogens with two attached hydrogens (primary N) is 1. The van der Waals surface area contributed by atoms with Crippen molar-refractivity contribution < 1.29 is 4.79 Å². The van der Waals surface area contributed by atoms with Crippen molar-refractivity contribution in [1.29, 1.82) is 0 Å². The van der Waals surface area contributed by atoms with E-state index >= 15 is 0 Å². The Labute approximate surface area is 92.4 Å². The van der Waals surface area contributed by atoms with Gasteiger partial charge in [0, 0.05) is 25.7 Å². The second-order valence-electron chi connectivity index (χ2n) is 4.88. The Bertz CT molecular complexity index is 240. The van der Waals surface area contributed by atoms with Crippen molar-refractivity contribution in [2.24, 2.45) is 5.73 Å². The van der Waals surface area contributed by atoms with Gasteiger partial charge in [-0.1, -0.05) is 6.92 Å². The van der Waals surface area contributed by atoms with Gasteiger partial charge in [-0.15, -0.1) is 0 Å².